The average Bonchev–Trinajstić information content (AvgIpc) is 2.56. The van der Waals surface area contributed by atoms with Gasteiger partial charge in [-0.3, -0.25) is 9.59 Å². The predicted molar refractivity (Wildman–Crippen MR) is 78.4 cm³/mol. The third-order valence-corrected chi connectivity index (χ3v) is 4.16. The van der Waals surface area contributed by atoms with E-state index in [2.05, 4.69) is 9.97 Å². The molecule has 0 aliphatic carbocycles. The van der Waals surface area contributed by atoms with Gasteiger partial charge in [-0.05, 0) is 19.3 Å². The molecule has 7 nitrogen and oxygen atoms in total. The Balaban J connectivity index is 1.49. The summed E-state index contributed by atoms with van der Waals surface area (Å²) < 4.78 is 11.1. The minimum atomic E-state index is -0.168. The number of amides is 1. The van der Waals surface area contributed by atoms with Crippen molar-refractivity contribution < 1.29 is 14.3 Å². The van der Waals surface area contributed by atoms with Gasteiger partial charge in [-0.15, -0.1) is 0 Å². The molecule has 7 heteroatoms. The van der Waals surface area contributed by atoms with E-state index >= 15 is 0 Å². The first-order chi connectivity index (χ1) is 10.7. The summed E-state index contributed by atoms with van der Waals surface area (Å²) in [5.74, 6) is -0.0929. The van der Waals surface area contributed by atoms with Gasteiger partial charge in [0.2, 0.25) is 5.91 Å². The highest BCUT2D eigenvalue weighted by molar-refractivity contribution is 5.77. The van der Waals surface area contributed by atoms with Gasteiger partial charge in [0, 0.05) is 19.6 Å². The van der Waals surface area contributed by atoms with E-state index in [1.165, 1.54) is 6.33 Å². The van der Waals surface area contributed by atoms with Crippen molar-refractivity contribution in [2.24, 2.45) is 0 Å². The second-order valence-corrected chi connectivity index (χ2v) is 5.73. The van der Waals surface area contributed by atoms with Gasteiger partial charge in [-0.2, -0.15) is 0 Å². The summed E-state index contributed by atoms with van der Waals surface area (Å²) in [5.41, 5.74) is 1.20. The summed E-state index contributed by atoms with van der Waals surface area (Å²) >= 11 is 0. The highest BCUT2D eigenvalue weighted by atomic mass is 16.5. The van der Waals surface area contributed by atoms with Crippen LogP contribution in [-0.2, 0) is 27.2 Å². The lowest BCUT2D eigenvalue weighted by Crippen LogP contribution is -2.41. The van der Waals surface area contributed by atoms with Crippen LogP contribution in [0.4, 0.5) is 0 Å². The lowest BCUT2D eigenvalue weighted by Gasteiger charge is -2.28. The highest BCUT2D eigenvalue weighted by Crippen LogP contribution is 2.14. The molecule has 0 bridgehead atoms. The summed E-state index contributed by atoms with van der Waals surface area (Å²) in [6, 6.07) is 0. The number of hydrogen-bond acceptors (Lipinski definition) is 5. The van der Waals surface area contributed by atoms with Gasteiger partial charge < -0.3 is 19.4 Å². The fourth-order valence-electron chi connectivity index (χ4n) is 2.87. The Kier molecular flexibility index (Phi) is 4.84. The van der Waals surface area contributed by atoms with Crippen LogP contribution < -0.4 is 5.56 Å². The van der Waals surface area contributed by atoms with Crippen molar-refractivity contribution in [1.29, 1.82) is 0 Å². The zero-order chi connectivity index (χ0) is 15.4. The predicted octanol–water partition coefficient (Wildman–Crippen LogP) is 0.240. The molecule has 1 atom stereocenters. The summed E-state index contributed by atoms with van der Waals surface area (Å²) in [6.07, 6.45) is 5.37. The lowest BCUT2D eigenvalue weighted by atomic mass is 10.1. The molecule has 120 valence electrons. The maximum absolute atomic E-state index is 12.2. The van der Waals surface area contributed by atoms with E-state index < -0.39 is 0 Å². The molecule has 0 saturated carbocycles. The Bertz CT molecular complexity index is 580. The molecule has 1 amide bonds. The number of aromatic amines is 1. The quantitative estimate of drug-likeness (QED) is 0.861. The Hall–Kier alpha value is -1.73. The Morgan fingerprint density at radius 1 is 1.50 bits per heavy atom. The Morgan fingerprint density at radius 3 is 3.23 bits per heavy atom. The minimum Gasteiger partial charge on any atom is -0.376 e. The minimum absolute atomic E-state index is 0.0351. The number of hydrogen-bond donors (Lipinski definition) is 1. The Morgan fingerprint density at radius 2 is 2.41 bits per heavy atom. The van der Waals surface area contributed by atoms with Crippen molar-refractivity contribution in [1.82, 2.24) is 14.9 Å². The van der Waals surface area contributed by atoms with Gasteiger partial charge in [0.15, 0.2) is 0 Å². The third-order valence-electron chi connectivity index (χ3n) is 4.16. The summed E-state index contributed by atoms with van der Waals surface area (Å²) in [6.45, 7) is 2.15. The number of nitrogens with zero attached hydrogens (tertiary/aromatic N) is 2. The molecule has 1 N–H and O–H groups in total. The third kappa shape index (κ3) is 3.53. The number of H-pyrrole nitrogens is 1. The van der Waals surface area contributed by atoms with Crippen LogP contribution in [0.25, 0.3) is 0 Å². The topological polar surface area (TPSA) is 84.5 Å². The number of aromatic nitrogens is 2. The van der Waals surface area contributed by atoms with Crippen LogP contribution in [0.5, 0.6) is 0 Å². The number of rotatable bonds is 4. The average molecular weight is 307 g/mol. The molecule has 2 aliphatic rings. The second kappa shape index (κ2) is 7.02. The molecule has 3 heterocycles. The number of ether oxygens (including phenoxy) is 2. The van der Waals surface area contributed by atoms with Crippen molar-refractivity contribution in [3.63, 3.8) is 0 Å². The highest BCUT2D eigenvalue weighted by Gasteiger charge is 2.24. The monoisotopic (exact) mass is 307 g/mol. The molecule has 3 rings (SSSR count). The van der Waals surface area contributed by atoms with Gasteiger partial charge in [-0.1, -0.05) is 0 Å². The van der Waals surface area contributed by atoms with Gasteiger partial charge in [0.1, 0.15) is 6.61 Å². The smallest absolute Gasteiger partial charge is 0.255 e. The van der Waals surface area contributed by atoms with Crippen LogP contribution in [0.2, 0.25) is 0 Å². The normalized spacial score (nSPS) is 21.5. The molecule has 1 saturated heterocycles. The number of nitrogens with one attached hydrogen (secondary N) is 1. The molecule has 0 radical (unpaired) electrons. The van der Waals surface area contributed by atoms with Crippen LogP contribution in [0.3, 0.4) is 0 Å². The molecular weight excluding hydrogens is 286 g/mol. The second-order valence-electron chi connectivity index (χ2n) is 5.73. The first-order valence-corrected chi connectivity index (χ1v) is 7.76. The number of carbonyl (C=O) groups excluding carboxylic acids is 1. The zero-order valence-corrected chi connectivity index (χ0v) is 12.5. The van der Waals surface area contributed by atoms with Crippen molar-refractivity contribution in [3.8, 4) is 0 Å². The van der Waals surface area contributed by atoms with Crippen molar-refractivity contribution in [2.75, 3.05) is 26.4 Å². The SMILES string of the molecule is O=C(COC[C@@H]1CCCCO1)N1CCc2nc[nH]c(=O)c2C1. The molecule has 1 aromatic heterocycles. The van der Waals surface area contributed by atoms with E-state index in [0.29, 0.717) is 31.7 Å². The molecule has 1 fully saturated rings. The standard InChI is InChI=1S/C15H21N3O4/c19-14(9-21-8-11-3-1-2-6-22-11)18-5-4-13-12(7-18)15(20)17-10-16-13/h10-11H,1-9H2,(H,16,17,20)/t11-/m0/s1. The first kappa shape index (κ1) is 15.2. The number of fused-ring (bicyclic) bond motifs is 1. The van der Waals surface area contributed by atoms with E-state index in [1.54, 1.807) is 4.90 Å². The molecule has 0 unspecified atom stereocenters. The molecule has 0 spiro atoms. The zero-order valence-electron chi connectivity index (χ0n) is 12.5. The molecule has 1 aromatic rings. The fourth-order valence-corrected chi connectivity index (χ4v) is 2.87. The molecule has 2 aliphatic heterocycles. The lowest BCUT2D eigenvalue weighted by molar-refractivity contribution is -0.139. The van der Waals surface area contributed by atoms with E-state index in [-0.39, 0.29) is 24.2 Å². The van der Waals surface area contributed by atoms with E-state index in [1.807, 2.05) is 0 Å². The van der Waals surface area contributed by atoms with Crippen molar-refractivity contribution >= 4 is 5.91 Å². The van der Waals surface area contributed by atoms with E-state index in [4.69, 9.17) is 9.47 Å². The molecule has 0 aromatic carbocycles. The fraction of sp³-hybridized carbons (Fsp3) is 0.667. The van der Waals surface area contributed by atoms with Crippen molar-refractivity contribution in [2.45, 2.75) is 38.3 Å². The first-order valence-electron chi connectivity index (χ1n) is 7.76. The van der Waals surface area contributed by atoms with Gasteiger partial charge in [0.05, 0.1) is 36.8 Å². The largest absolute Gasteiger partial charge is 0.376 e. The van der Waals surface area contributed by atoms with Crippen molar-refractivity contribution in [3.05, 3.63) is 27.9 Å². The number of carbonyl (C=O) groups is 1. The van der Waals surface area contributed by atoms with Gasteiger partial charge >= 0.3 is 0 Å². The van der Waals surface area contributed by atoms with Gasteiger partial charge in [0.25, 0.3) is 5.56 Å². The maximum Gasteiger partial charge on any atom is 0.255 e. The van der Waals surface area contributed by atoms with Gasteiger partial charge in [-0.25, -0.2) is 4.98 Å². The van der Waals surface area contributed by atoms with Crippen LogP contribution >= 0.6 is 0 Å². The van der Waals surface area contributed by atoms with E-state index in [9.17, 15) is 9.59 Å². The summed E-state index contributed by atoms with van der Waals surface area (Å²) in [5, 5.41) is 0. The Labute approximate surface area is 128 Å². The van der Waals surface area contributed by atoms with Crippen LogP contribution in [0.1, 0.15) is 30.5 Å². The molecular formula is C15H21N3O4. The summed E-state index contributed by atoms with van der Waals surface area (Å²) in [4.78, 5) is 32.3. The van der Waals surface area contributed by atoms with E-state index in [0.717, 1.165) is 31.6 Å². The summed E-state index contributed by atoms with van der Waals surface area (Å²) in [7, 11) is 0. The maximum atomic E-state index is 12.2. The molecule has 22 heavy (non-hydrogen) atoms. The van der Waals surface area contributed by atoms with Crippen LogP contribution in [0, 0.1) is 0 Å². The van der Waals surface area contributed by atoms with Crippen LogP contribution in [0.15, 0.2) is 11.1 Å². The van der Waals surface area contributed by atoms with Crippen LogP contribution in [-0.4, -0.2) is 53.2 Å².